The van der Waals surface area contributed by atoms with Crippen LogP contribution in [-0.4, -0.2) is 38.0 Å². The molecular formula is C11H14N6O. The van der Waals surface area contributed by atoms with Crippen LogP contribution in [0.2, 0.25) is 0 Å². The van der Waals surface area contributed by atoms with Crippen LogP contribution in [0.25, 0.3) is 5.65 Å². The zero-order valence-corrected chi connectivity index (χ0v) is 9.78. The fourth-order valence-corrected chi connectivity index (χ4v) is 2.30. The molecule has 0 aromatic carbocycles. The van der Waals surface area contributed by atoms with Gasteiger partial charge in [-0.15, -0.1) is 5.10 Å². The van der Waals surface area contributed by atoms with Gasteiger partial charge in [0.15, 0.2) is 5.65 Å². The van der Waals surface area contributed by atoms with Crippen molar-refractivity contribution >= 4 is 11.6 Å². The molecule has 0 bridgehead atoms. The summed E-state index contributed by atoms with van der Waals surface area (Å²) in [6.07, 6.45) is 4.44. The predicted molar refractivity (Wildman–Crippen MR) is 63.9 cm³/mol. The maximum Gasteiger partial charge on any atom is 0.251 e. The van der Waals surface area contributed by atoms with Crippen molar-refractivity contribution in [2.24, 2.45) is 5.73 Å². The number of aromatic nitrogens is 4. The number of fused-ring (bicyclic) bond motifs is 1. The molecule has 0 saturated heterocycles. The van der Waals surface area contributed by atoms with Gasteiger partial charge in [0, 0.05) is 23.8 Å². The van der Waals surface area contributed by atoms with Crippen LogP contribution in [-0.2, 0) is 0 Å². The van der Waals surface area contributed by atoms with Crippen LogP contribution in [0, 0.1) is 0 Å². The smallest absolute Gasteiger partial charge is 0.251 e. The Morgan fingerprint density at radius 2 is 2.39 bits per heavy atom. The van der Waals surface area contributed by atoms with Gasteiger partial charge in [-0.2, -0.15) is 0 Å². The molecule has 2 heterocycles. The van der Waals surface area contributed by atoms with Crippen molar-refractivity contribution in [3.8, 4) is 0 Å². The first-order valence-corrected chi connectivity index (χ1v) is 5.96. The molecule has 2 aromatic heterocycles. The summed E-state index contributed by atoms with van der Waals surface area (Å²) in [5.41, 5.74) is 6.95. The van der Waals surface area contributed by atoms with E-state index in [1.807, 2.05) is 0 Å². The highest BCUT2D eigenvalue weighted by Gasteiger charge is 2.23. The number of carbonyl (C=O) groups excluding carboxylic acids is 1. The molecule has 3 N–H and O–H groups in total. The van der Waals surface area contributed by atoms with Crippen LogP contribution < -0.4 is 11.1 Å². The molecule has 7 nitrogen and oxygen atoms in total. The van der Waals surface area contributed by atoms with Crippen LogP contribution in [0.1, 0.15) is 29.6 Å². The van der Waals surface area contributed by atoms with E-state index < -0.39 is 0 Å². The maximum absolute atomic E-state index is 12.0. The molecular weight excluding hydrogens is 232 g/mol. The molecule has 1 fully saturated rings. The Balaban J connectivity index is 1.75. The van der Waals surface area contributed by atoms with E-state index in [-0.39, 0.29) is 18.0 Å². The van der Waals surface area contributed by atoms with Gasteiger partial charge in [0.25, 0.3) is 5.91 Å². The number of hydrogen-bond donors (Lipinski definition) is 2. The third-order valence-corrected chi connectivity index (χ3v) is 3.27. The van der Waals surface area contributed by atoms with Crippen LogP contribution in [0.5, 0.6) is 0 Å². The van der Waals surface area contributed by atoms with Gasteiger partial charge in [0.2, 0.25) is 0 Å². The third kappa shape index (κ3) is 2.04. The summed E-state index contributed by atoms with van der Waals surface area (Å²) in [5, 5.41) is 14.1. The number of hydrogen-bond acceptors (Lipinski definition) is 5. The van der Waals surface area contributed by atoms with Gasteiger partial charge in [-0.1, -0.05) is 0 Å². The van der Waals surface area contributed by atoms with Crippen molar-refractivity contribution in [3.05, 3.63) is 23.9 Å². The summed E-state index contributed by atoms with van der Waals surface area (Å²) in [5.74, 6) is -0.0976. The zero-order valence-electron chi connectivity index (χ0n) is 9.78. The van der Waals surface area contributed by atoms with Gasteiger partial charge >= 0.3 is 0 Å². The number of amides is 1. The number of rotatable bonds is 2. The zero-order chi connectivity index (χ0) is 12.5. The molecule has 7 heteroatoms. The molecule has 2 atom stereocenters. The third-order valence-electron chi connectivity index (χ3n) is 3.27. The highest BCUT2D eigenvalue weighted by atomic mass is 16.1. The minimum Gasteiger partial charge on any atom is -0.349 e. The first kappa shape index (κ1) is 11.1. The summed E-state index contributed by atoms with van der Waals surface area (Å²) in [6, 6.07) is 3.76. The number of carbonyl (C=O) groups is 1. The van der Waals surface area contributed by atoms with Crippen LogP contribution >= 0.6 is 0 Å². The summed E-state index contributed by atoms with van der Waals surface area (Å²) >= 11 is 0. The van der Waals surface area contributed by atoms with Crippen molar-refractivity contribution in [1.82, 2.24) is 25.4 Å². The van der Waals surface area contributed by atoms with Crippen LogP contribution in [0.3, 0.4) is 0 Å². The average molecular weight is 246 g/mol. The van der Waals surface area contributed by atoms with Crippen molar-refractivity contribution < 1.29 is 4.79 Å². The molecule has 0 spiro atoms. The largest absolute Gasteiger partial charge is 0.349 e. The molecule has 94 valence electrons. The molecule has 3 rings (SSSR count). The van der Waals surface area contributed by atoms with Crippen molar-refractivity contribution in [2.45, 2.75) is 31.3 Å². The van der Waals surface area contributed by atoms with Gasteiger partial charge in [-0.25, -0.2) is 4.52 Å². The fourth-order valence-electron chi connectivity index (χ4n) is 2.30. The summed E-state index contributed by atoms with van der Waals surface area (Å²) in [7, 11) is 0. The Labute approximate surface area is 103 Å². The van der Waals surface area contributed by atoms with Gasteiger partial charge in [-0.3, -0.25) is 4.79 Å². The topological polar surface area (TPSA) is 98.2 Å². The van der Waals surface area contributed by atoms with Crippen LogP contribution in [0.4, 0.5) is 0 Å². The second-order valence-electron chi connectivity index (χ2n) is 4.64. The average Bonchev–Trinajstić information content (AvgIpc) is 2.96. The second kappa shape index (κ2) is 4.34. The van der Waals surface area contributed by atoms with E-state index in [4.69, 9.17) is 5.73 Å². The number of nitrogens with zero attached hydrogens (tertiary/aromatic N) is 4. The van der Waals surface area contributed by atoms with Gasteiger partial charge < -0.3 is 11.1 Å². The van der Waals surface area contributed by atoms with Crippen LogP contribution in [0.15, 0.2) is 18.3 Å². The number of nitrogens with two attached hydrogens (primary N) is 1. The van der Waals surface area contributed by atoms with Gasteiger partial charge in [0.1, 0.15) is 0 Å². The van der Waals surface area contributed by atoms with Crippen molar-refractivity contribution in [1.29, 1.82) is 0 Å². The lowest BCUT2D eigenvalue weighted by Gasteiger charge is -2.12. The van der Waals surface area contributed by atoms with Gasteiger partial charge in [0.05, 0.1) is 0 Å². The normalized spacial score (nSPS) is 23.4. The molecule has 1 aliphatic carbocycles. The molecule has 0 aliphatic heterocycles. The summed E-state index contributed by atoms with van der Waals surface area (Å²) < 4.78 is 1.52. The Hall–Kier alpha value is -2.02. The maximum atomic E-state index is 12.0. The Morgan fingerprint density at radius 1 is 1.50 bits per heavy atom. The van der Waals surface area contributed by atoms with Gasteiger partial charge in [-0.05, 0) is 41.8 Å². The summed E-state index contributed by atoms with van der Waals surface area (Å²) in [4.78, 5) is 12.0. The van der Waals surface area contributed by atoms with E-state index in [0.717, 1.165) is 19.3 Å². The fraction of sp³-hybridized carbons (Fsp3) is 0.455. The Morgan fingerprint density at radius 3 is 3.17 bits per heavy atom. The van der Waals surface area contributed by atoms with E-state index in [1.54, 1.807) is 18.3 Å². The van der Waals surface area contributed by atoms with E-state index in [9.17, 15) is 4.79 Å². The predicted octanol–water partition coefficient (Wildman–Crippen LogP) is -0.266. The Kier molecular flexibility index (Phi) is 2.67. The number of pyridine rings is 1. The van der Waals surface area contributed by atoms with E-state index in [0.29, 0.717) is 11.2 Å². The molecule has 0 unspecified atom stereocenters. The van der Waals surface area contributed by atoms with Crippen molar-refractivity contribution in [3.63, 3.8) is 0 Å². The lowest BCUT2D eigenvalue weighted by Crippen LogP contribution is -2.34. The molecule has 0 radical (unpaired) electrons. The summed E-state index contributed by atoms with van der Waals surface area (Å²) in [6.45, 7) is 0. The van der Waals surface area contributed by atoms with E-state index >= 15 is 0 Å². The standard InChI is InChI=1S/C11H14N6O/c12-8-1-2-9(6-8)13-11(18)7-3-4-17-10(5-7)14-15-16-17/h3-5,8-9H,1-2,6,12H2,(H,13,18)/t8-,9-/m1/s1. The second-order valence-corrected chi connectivity index (χ2v) is 4.64. The molecule has 1 amide bonds. The molecule has 1 aliphatic rings. The minimum absolute atomic E-state index is 0.0976. The SMILES string of the molecule is N[C@@H]1CC[C@@H](NC(=O)c2ccn3nnnc3c2)C1. The highest BCUT2D eigenvalue weighted by molar-refractivity contribution is 5.95. The quantitative estimate of drug-likeness (QED) is 0.760. The minimum atomic E-state index is -0.0976. The molecule has 2 aromatic rings. The first-order valence-electron chi connectivity index (χ1n) is 5.96. The molecule has 1 saturated carbocycles. The Bertz CT molecular complexity index is 580. The number of tetrazole rings is 1. The highest BCUT2D eigenvalue weighted by Crippen LogP contribution is 2.17. The van der Waals surface area contributed by atoms with E-state index in [2.05, 4.69) is 20.8 Å². The molecule has 18 heavy (non-hydrogen) atoms. The number of nitrogens with one attached hydrogen (secondary N) is 1. The first-order chi connectivity index (χ1) is 8.72. The lowest BCUT2D eigenvalue weighted by atomic mass is 10.2. The van der Waals surface area contributed by atoms with E-state index in [1.165, 1.54) is 4.52 Å². The van der Waals surface area contributed by atoms with Crippen molar-refractivity contribution in [2.75, 3.05) is 0 Å². The lowest BCUT2D eigenvalue weighted by molar-refractivity contribution is 0.0937. The monoisotopic (exact) mass is 246 g/mol.